The van der Waals surface area contributed by atoms with Gasteiger partial charge in [-0.15, -0.1) is 0 Å². The first-order valence-corrected chi connectivity index (χ1v) is 7.95. The molecule has 1 aliphatic rings. The molecule has 3 nitrogen and oxygen atoms in total. The Kier molecular flexibility index (Phi) is 3.85. The summed E-state index contributed by atoms with van der Waals surface area (Å²) in [5.41, 5.74) is 3.01. The molecule has 1 aromatic carbocycles. The quantitative estimate of drug-likeness (QED) is 0.936. The minimum Gasteiger partial charge on any atom is -0.385 e. The third kappa shape index (κ3) is 2.88. The van der Waals surface area contributed by atoms with Crippen molar-refractivity contribution in [2.24, 2.45) is 0 Å². The number of hydrogen-bond donors (Lipinski definition) is 1. The van der Waals surface area contributed by atoms with Gasteiger partial charge < -0.3 is 9.67 Å². The van der Waals surface area contributed by atoms with Crippen LogP contribution in [0.4, 0.5) is 0 Å². The number of aryl methyl sites for hydroxylation is 3. The van der Waals surface area contributed by atoms with Crippen molar-refractivity contribution >= 4 is 0 Å². The van der Waals surface area contributed by atoms with Crippen molar-refractivity contribution < 1.29 is 5.11 Å². The lowest BCUT2D eigenvalue weighted by Gasteiger charge is -2.26. The van der Waals surface area contributed by atoms with E-state index in [1.54, 1.807) is 0 Å². The van der Waals surface area contributed by atoms with E-state index in [0.717, 1.165) is 24.4 Å². The minimum atomic E-state index is -0.870. The van der Waals surface area contributed by atoms with E-state index >= 15 is 0 Å². The summed E-state index contributed by atoms with van der Waals surface area (Å²) in [6.07, 6.45) is 9.20. The Morgan fingerprint density at radius 3 is 2.76 bits per heavy atom. The highest BCUT2D eigenvalue weighted by Crippen LogP contribution is 2.29. The number of aromatic nitrogens is 2. The van der Waals surface area contributed by atoms with Gasteiger partial charge in [0.1, 0.15) is 5.82 Å². The molecule has 0 aliphatic heterocycles. The Morgan fingerprint density at radius 1 is 1.24 bits per heavy atom. The van der Waals surface area contributed by atoms with Crippen LogP contribution in [0, 0.1) is 0 Å². The van der Waals surface area contributed by atoms with Crippen LogP contribution in [0.15, 0.2) is 30.6 Å². The summed E-state index contributed by atoms with van der Waals surface area (Å²) in [6, 6.07) is 6.49. The fourth-order valence-corrected chi connectivity index (χ4v) is 3.27. The Bertz CT molecular complexity index is 628. The molecule has 3 heteroatoms. The maximum atomic E-state index is 10.9. The molecule has 1 N–H and O–H groups in total. The number of aliphatic hydroxyl groups is 1. The average molecular weight is 284 g/mol. The number of hydrogen-bond acceptors (Lipinski definition) is 2. The molecule has 21 heavy (non-hydrogen) atoms. The van der Waals surface area contributed by atoms with Gasteiger partial charge >= 0.3 is 0 Å². The largest absolute Gasteiger partial charge is 0.385 e. The maximum absolute atomic E-state index is 10.9. The van der Waals surface area contributed by atoms with Crippen molar-refractivity contribution in [1.29, 1.82) is 0 Å². The number of imidazole rings is 1. The van der Waals surface area contributed by atoms with Gasteiger partial charge in [-0.1, -0.05) is 18.2 Å². The molecule has 1 aliphatic carbocycles. The van der Waals surface area contributed by atoms with E-state index < -0.39 is 5.60 Å². The molecule has 0 saturated heterocycles. The molecule has 2 aromatic rings. The predicted molar refractivity (Wildman–Crippen MR) is 84.3 cm³/mol. The van der Waals surface area contributed by atoms with E-state index in [9.17, 15) is 5.11 Å². The minimum absolute atomic E-state index is 0.548. The van der Waals surface area contributed by atoms with Gasteiger partial charge in [0.2, 0.25) is 0 Å². The van der Waals surface area contributed by atoms with Gasteiger partial charge in [-0.25, -0.2) is 4.98 Å². The van der Waals surface area contributed by atoms with E-state index in [1.165, 1.54) is 30.4 Å². The van der Waals surface area contributed by atoms with E-state index in [4.69, 9.17) is 0 Å². The standard InChI is InChI=1S/C18H24N2O/c1-3-20-11-10-19-17(20)13-18(2,21)16-9-8-14-6-4-5-7-15(14)12-16/h8-12,21H,3-7,13H2,1-2H3. The first-order chi connectivity index (χ1) is 10.1. The lowest BCUT2D eigenvalue weighted by molar-refractivity contribution is 0.0545. The van der Waals surface area contributed by atoms with E-state index in [1.807, 2.05) is 19.3 Å². The molecule has 0 amide bonds. The first kappa shape index (κ1) is 14.3. The fourth-order valence-electron chi connectivity index (χ4n) is 3.27. The zero-order chi connectivity index (χ0) is 14.9. The third-order valence-electron chi connectivity index (χ3n) is 4.62. The zero-order valence-electron chi connectivity index (χ0n) is 13.0. The summed E-state index contributed by atoms with van der Waals surface area (Å²) in [5.74, 6) is 0.945. The van der Waals surface area contributed by atoms with Crippen LogP contribution in [-0.4, -0.2) is 14.7 Å². The molecule has 112 valence electrons. The highest BCUT2D eigenvalue weighted by Gasteiger charge is 2.26. The second kappa shape index (κ2) is 5.64. The monoisotopic (exact) mass is 284 g/mol. The van der Waals surface area contributed by atoms with Crippen molar-refractivity contribution in [2.75, 3.05) is 0 Å². The van der Waals surface area contributed by atoms with Gasteiger partial charge in [-0.2, -0.15) is 0 Å². The molecule has 1 unspecified atom stereocenters. The summed E-state index contributed by atoms with van der Waals surface area (Å²) in [6.45, 7) is 4.88. The van der Waals surface area contributed by atoms with Crippen LogP contribution >= 0.6 is 0 Å². The summed E-state index contributed by atoms with van der Waals surface area (Å²) in [5, 5.41) is 10.9. The Morgan fingerprint density at radius 2 is 2.00 bits per heavy atom. The first-order valence-electron chi connectivity index (χ1n) is 7.95. The van der Waals surface area contributed by atoms with Gasteiger partial charge in [0.15, 0.2) is 0 Å². The van der Waals surface area contributed by atoms with Crippen molar-refractivity contribution in [3.8, 4) is 0 Å². The third-order valence-corrected chi connectivity index (χ3v) is 4.62. The molecule has 0 spiro atoms. The molecule has 1 atom stereocenters. The second-order valence-corrected chi connectivity index (χ2v) is 6.27. The van der Waals surface area contributed by atoms with Crippen molar-refractivity contribution in [2.45, 2.75) is 58.1 Å². The summed E-state index contributed by atoms with van der Waals surface area (Å²) >= 11 is 0. The van der Waals surface area contributed by atoms with Crippen LogP contribution in [0.2, 0.25) is 0 Å². The Labute approximate surface area is 126 Å². The molecule has 0 bridgehead atoms. The molecule has 1 aromatic heterocycles. The molecule has 0 radical (unpaired) electrons. The Hall–Kier alpha value is -1.61. The van der Waals surface area contributed by atoms with Crippen LogP contribution < -0.4 is 0 Å². The lowest BCUT2D eigenvalue weighted by Crippen LogP contribution is -2.26. The number of benzene rings is 1. The normalized spacial score (nSPS) is 17.3. The van der Waals surface area contributed by atoms with E-state index in [-0.39, 0.29) is 0 Å². The zero-order valence-corrected chi connectivity index (χ0v) is 13.0. The summed E-state index contributed by atoms with van der Waals surface area (Å²) in [7, 11) is 0. The highest BCUT2D eigenvalue weighted by molar-refractivity contribution is 5.36. The molecule has 0 saturated carbocycles. The highest BCUT2D eigenvalue weighted by atomic mass is 16.3. The topological polar surface area (TPSA) is 38.0 Å². The maximum Gasteiger partial charge on any atom is 0.111 e. The molecule has 0 fully saturated rings. The van der Waals surface area contributed by atoms with Gasteiger partial charge in [0.25, 0.3) is 0 Å². The molecular weight excluding hydrogens is 260 g/mol. The van der Waals surface area contributed by atoms with E-state index in [0.29, 0.717) is 6.42 Å². The van der Waals surface area contributed by atoms with Gasteiger partial charge in [0.05, 0.1) is 5.60 Å². The summed E-state index contributed by atoms with van der Waals surface area (Å²) < 4.78 is 2.09. The average Bonchev–Trinajstić information content (AvgIpc) is 2.93. The number of nitrogens with zero attached hydrogens (tertiary/aromatic N) is 2. The van der Waals surface area contributed by atoms with Gasteiger partial charge in [0, 0.05) is 25.4 Å². The van der Waals surface area contributed by atoms with Crippen molar-refractivity contribution in [3.63, 3.8) is 0 Å². The van der Waals surface area contributed by atoms with E-state index in [2.05, 4.69) is 34.7 Å². The predicted octanol–water partition coefficient (Wildman–Crippen LogP) is 3.23. The van der Waals surface area contributed by atoms with Crippen LogP contribution in [0.25, 0.3) is 0 Å². The number of rotatable bonds is 4. The van der Waals surface area contributed by atoms with Crippen molar-refractivity contribution in [1.82, 2.24) is 9.55 Å². The Balaban J connectivity index is 1.87. The lowest BCUT2D eigenvalue weighted by atomic mass is 9.85. The van der Waals surface area contributed by atoms with Crippen molar-refractivity contribution in [3.05, 3.63) is 53.1 Å². The summed E-state index contributed by atoms with van der Waals surface area (Å²) in [4.78, 5) is 4.39. The van der Waals surface area contributed by atoms with Gasteiger partial charge in [-0.05, 0) is 56.2 Å². The van der Waals surface area contributed by atoms with Gasteiger partial charge in [-0.3, -0.25) is 0 Å². The smallest absolute Gasteiger partial charge is 0.111 e. The van der Waals surface area contributed by atoms with Crippen LogP contribution in [0.1, 0.15) is 49.2 Å². The number of fused-ring (bicyclic) bond motifs is 1. The fraction of sp³-hybridized carbons (Fsp3) is 0.500. The van der Waals surface area contributed by atoms with Crippen LogP contribution in [0.3, 0.4) is 0 Å². The SMILES string of the molecule is CCn1ccnc1CC(C)(O)c1ccc2c(c1)CCCC2. The second-order valence-electron chi connectivity index (χ2n) is 6.27. The molecular formula is C18H24N2O. The van der Waals surface area contributed by atoms with Crippen LogP contribution in [-0.2, 0) is 31.4 Å². The molecule has 1 heterocycles. The molecule has 3 rings (SSSR count). The van der Waals surface area contributed by atoms with Crippen LogP contribution in [0.5, 0.6) is 0 Å².